The average Bonchev–Trinajstić information content (AvgIpc) is 2.60. The molecule has 7 nitrogen and oxygen atoms in total. The molecular weight excluding hydrogens is 328 g/mol. The van der Waals surface area contributed by atoms with E-state index in [2.05, 4.69) is 10.3 Å². The van der Waals surface area contributed by atoms with Gasteiger partial charge in [-0.05, 0) is 18.4 Å². The van der Waals surface area contributed by atoms with Crippen LogP contribution in [0.15, 0.2) is 20.7 Å². The topological polar surface area (TPSA) is 86.0 Å². The van der Waals surface area contributed by atoms with Crippen LogP contribution in [0.25, 0.3) is 11.0 Å². The highest BCUT2D eigenvalue weighted by molar-refractivity contribution is 8.00. The first-order valence-electron chi connectivity index (χ1n) is 7.89. The predicted molar refractivity (Wildman–Crippen MR) is 95.6 cm³/mol. The number of aromatic nitrogens is 3. The number of fused-ring (bicyclic) bond motifs is 1. The molecule has 24 heavy (non-hydrogen) atoms. The summed E-state index contributed by atoms with van der Waals surface area (Å²) in [5, 5.41) is 3.22. The van der Waals surface area contributed by atoms with E-state index in [0.29, 0.717) is 24.0 Å². The Hall–Kier alpha value is -2.09. The fourth-order valence-electron chi connectivity index (χ4n) is 2.41. The number of aryl methyl sites for hydroxylation is 2. The number of pyridine rings is 1. The maximum Gasteiger partial charge on any atom is 0.332 e. The molecule has 0 spiro atoms. The number of hydrogen-bond acceptors (Lipinski definition) is 5. The molecule has 0 radical (unpaired) electrons. The first-order valence-corrected chi connectivity index (χ1v) is 8.87. The van der Waals surface area contributed by atoms with E-state index >= 15 is 0 Å². The highest BCUT2D eigenvalue weighted by Crippen LogP contribution is 2.28. The summed E-state index contributed by atoms with van der Waals surface area (Å²) >= 11 is 1.32. The van der Waals surface area contributed by atoms with Crippen molar-refractivity contribution < 1.29 is 4.79 Å². The highest BCUT2D eigenvalue weighted by atomic mass is 32.2. The van der Waals surface area contributed by atoms with Crippen molar-refractivity contribution in [2.75, 3.05) is 12.3 Å². The van der Waals surface area contributed by atoms with Gasteiger partial charge < -0.3 is 5.32 Å². The van der Waals surface area contributed by atoms with Crippen LogP contribution in [-0.2, 0) is 25.3 Å². The smallest absolute Gasteiger partial charge is 0.332 e. The Kier molecular flexibility index (Phi) is 5.82. The van der Waals surface area contributed by atoms with Gasteiger partial charge >= 0.3 is 5.69 Å². The molecule has 2 rings (SSSR count). The Bertz CT molecular complexity index is 885. The van der Waals surface area contributed by atoms with Gasteiger partial charge in [0.1, 0.15) is 5.65 Å². The lowest BCUT2D eigenvalue weighted by atomic mass is 10.2. The van der Waals surface area contributed by atoms with Gasteiger partial charge in [-0.15, -0.1) is 11.8 Å². The Balaban J connectivity index is 2.56. The van der Waals surface area contributed by atoms with Crippen molar-refractivity contribution in [1.82, 2.24) is 19.4 Å². The number of carbonyl (C=O) groups is 1. The monoisotopic (exact) mass is 350 g/mol. The van der Waals surface area contributed by atoms with E-state index in [4.69, 9.17) is 0 Å². The van der Waals surface area contributed by atoms with Crippen molar-refractivity contribution >= 4 is 28.7 Å². The summed E-state index contributed by atoms with van der Waals surface area (Å²) < 4.78 is 2.43. The zero-order valence-electron chi connectivity index (χ0n) is 14.4. The van der Waals surface area contributed by atoms with Gasteiger partial charge in [0.2, 0.25) is 5.91 Å². The van der Waals surface area contributed by atoms with E-state index in [1.807, 2.05) is 13.8 Å². The third-order valence-electron chi connectivity index (χ3n) is 3.80. The van der Waals surface area contributed by atoms with Gasteiger partial charge in [0.05, 0.1) is 11.1 Å². The summed E-state index contributed by atoms with van der Waals surface area (Å²) in [6.45, 7) is 4.59. The van der Waals surface area contributed by atoms with Crippen molar-refractivity contribution in [3.05, 3.63) is 32.6 Å². The van der Waals surface area contributed by atoms with Crippen molar-refractivity contribution in [3.63, 3.8) is 0 Å². The van der Waals surface area contributed by atoms with Gasteiger partial charge in [0.25, 0.3) is 5.56 Å². The zero-order valence-corrected chi connectivity index (χ0v) is 15.2. The molecular formula is C16H22N4O3S. The van der Waals surface area contributed by atoms with Crippen molar-refractivity contribution in [1.29, 1.82) is 0 Å². The molecule has 0 aliphatic rings. The van der Waals surface area contributed by atoms with Crippen molar-refractivity contribution in [2.45, 2.75) is 31.6 Å². The molecule has 2 aromatic heterocycles. The fourth-order valence-corrected chi connectivity index (χ4v) is 3.49. The van der Waals surface area contributed by atoms with Gasteiger partial charge in [0.15, 0.2) is 0 Å². The van der Waals surface area contributed by atoms with Gasteiger partial charge in [-0.3, -0.25) is 18.7 Å². The van der Waals surface area contributed by atoms with Gasteiger partial charge in [-0.25, -0.2) is 9.78 Å². The molecule has 0 bridgehead atoms. The lowest BCUT2D eigenvalue weighted by Crippen LogP contribution is -2.37. The SMILES string of the molecule is CCCNC(=O)CSc1c(CC)cnc2c1c(=O)n(C)c(=O)n2C. The highest BCUT2D eigenvalue weighted by Gasteiger charge is 2.17. The minimum absolute atomic E-state index is 0.0736. The quantitative estimate of drug-likeness (QED) is 0.779. The standard InChI is InChI=1S/C16H22N4O3S/c1-5-7-17-11(21)9-24-13-10(6-2)8-18-14-12(13)15(22)20(4)16(23)19(14)3/h8H,5-7,9H2,1-4H3,(H,17,21). The second-order valence-corrected chi connectivity index (χ2v) is 6.49. The third-order valence-corrected chi connectivity index (χ3v) is 4.96. The number of rotatable bonds is 6. The first kappa shape index (κ1) is 18.3. The summed E-state index contributed by atoms with van der Waals surface area (Å²) in [6, 6.07) is 0. The van der Waals surface area contributed by atoms with Crippen molar-refractivity contribution in [3.8, 4) is 0 Å². The molecule has 0 fully saturated rings. The number of thioether (sulfide) groups is 1. The van der Waals surface area contributed by atoms with Crippen LogP contribution < -0.4 is 16.6 Å². The molecule has 0 atom stereocenters. The number of nitrogens with one attached hydrogen (secondary N) is 1. The van der Waals surface area contributed by atoms with E-state index in [1.54, 1.807) is 13.2 Å². The Labute approximate surface area is 144 Å². The van der Waals surface area contributed by atoms with E-state index < -0.39 is 5.69 Å². The van der Waals surface area contributed by atoms with Crippen LogP contribution in [0.1, 0.15) is 25.8 Å². The van der Waals surface area contributed by atoms with Crippen LogP contribution in [0.2, 0.25) is 0 Å². The van der Waals surface area contributed by atoms with Crippen molar-refractivity contribution in [2.24, 2.45) is 14.1 Å². The van der Waals surface area contributed by atoms with E-state index in [9.17, 15) is 14.4 Å². The normalized spacial score (nSPS) is 11.0. The maximum atomic E-state index is 12.6. The average molecular weight is 350 g/mol. The van der Waals surface area contributed by atoms with Crippen LogP contribution in [0.5, 0.6) is 0 Å². The minimum Gasteiger partial charge on any atom is -0.355 e. The van der Waals surface area contributed by atoms with Gasteiger partial charge in [-0.1, -0.05) is 13.8 Å². The molecule has 1 amide bonds. The molecule has 0 aromatic carbocycles. The molecule has 8 heteroatoms. The van der Waals surface area contributed by atoms with Crippen LogP contribution in [0, 0.1) is 0 Å². The minimum atomic E-state index is -0.416. The van der Waals surface area contributed by atoms with Crippen LogP contribution in [0.3, 0.4) is 0 Å². The van der Waals surface area contributed by atoms with E-state index in [0.717, 1.165) is 21.4 Å². The Morgan fingerprint density at radius 1 is 1.25 bits per heavy atom. The predicted octanol–water partition coefficient (Wildman–Crippen LogP) is 0.813. The Morgan fingerprint density at radius 3 is 2.58 bits per heavy atom. The molecule has 0 aliphatic carbocycles. The van der Waals surface area contributed by atoms with Crippen LogP contribution >= 0.6 is 11.8 Å². The van der Waals surface area contributed by atoms with Crippen LogP contribution in [-0.4, -0.2) is 32.3 Å². The van der Waals surface area contributed by atoms with Crippen LogP contribution in [0.4, 0.5) is 0 Å². The molecule has 130 valence electrons. The summed E-state index contributed by atoms with van der Waals surface area (Å²) in [6.07, 6.45) is 3.23. The molecule has 2 aromatic rings. The zero-order chi connectivity index (χ0) is 17.9. The van der Waals surface area contributed by atoms with E-state index in [1.165, 1.54) is 23.4 Å². The molecule has 0 aliphatic heterocycles. The summed E-state index contributed by atoms with van der Waals surface area (Å²) in [4.78, 5) is 41.6. The van der Waals surface area contributed by atoms with Gasteiger partial charge in [0, 0.05) is 31.7 Å². The molecule has 2 heterocycles. The number of amides is 1. The third kappa shape index (κ3) is 3.38. The maximum absolute atomic E-state index is 12.6. The number of carbonyl (C=O) groups excluding carboxylic acids is 1. The van der Waals surface area contributed by atoms with Gasteiger partial charge in [-0.2, -0.15) is 0 Å². The Morgan fingerprint density at radius 2 is 1.96 bits per heavy atom. The lowest BCUT2D eigenvalue weighted by Gasteiger charge is -2.13. The largest absolute Gasteiger partial charge is 0.355 e. The summed E-state index contributed by atoms with van der Waals surface area (Å²) in [7, 11) is 3.04. The second-order valence-electron chi connectivity index (χ2n) is 5.51. The fraction of sp³-hybridized carbons (Fsp3) is 0.500. The summed E-state index contributed by atoms with van der Waals surface area (Å²) in [5.74, 6) is 0.147. The lowest BCUT2D eigenvalue weighted by molar-refractivity contribution is -0.118. The second kappa shape index (κ2) is 7.65. The molecule has 0 unspecified atom stereocenters. The summed E-state index contributed by atoms with van der Waals surface area (Å²) in [5.41, 5.74) is 0.441. The number of nitrogens with zero attached hydrogens (tertiary/aromatic N) is 3. The number of hydrogen-bond donors (Lipinski definition) is 1. The molecule has 0 saturated carbocycles. The molecule has 0 saturated heterocycles. The molecule has 1 N–H and O–H groups in total. The van der Waals surface area contributed by atoms with E-state index in [-0.39, 0.29) is 17.2 Å². The first-order chi connectivity index (χ1) is 11.4.